The van der Waals surface area contributed by atoms with Gasteiger partial charge in [-0.05, 0) is 87.9 Å². The highest BCUT2D eigenvalue weighted by Gasteiger charge is 2.17. The molecule has 2 heterocycles. The van der Waals surface area contributed by atoms with Crippen molar-refractivity contribution in [2.24, 2.45) is 0 Å². The van der Waals surface area contributed by atoms with E-state index in [0.717, 1.165) is 66.5 Å². The minimum Gasteiger partial charge on any atom is -0.456 e. The van der Waals surface area contributed by atoms with Crippen LogP contribution in [0.5, 0.6) is 0 Å². The van der Waals surface area contributed by atoms with E-state index in [1.165, 1.54) is 27.1 Å². The van der Waals surface area contributed by atoms with E-state index in [1.807, 2.05) is 12.1 Å². The average molecular weight is 602 g/mol. The van der Waals surface area contributed by atoms with E-state index in [9.17, 15) is 0 Å². The Labute approximate surface area is 270 Å². The van der Waals surface area contributed by atoms with Crippen LogP contribution >= 0.6 is 0 Å². The van der Waals surface area contributed by atoms with Gasteiger partial charge in [-0.2, -0.15) is 0 Å². The second-order valence-electron chi connectivity index (χ2n) is 12.1. The van der Waals surface area contributed by atoms with E-state index in [2.05, 4.69) is 157 Å². The van der Waals surface area contributed by atoms with Crippen molar-refractivity contribution in [3.63, 3.8) is 0 Å². The normalized spacial score (nSPS) is 11.8. The zero-order valence-electron chi connectivity index (χ0n) is 25.4. The molecule has 0 fully saturated rings. The van der Waals surface area contributed by atoms with Gasteiger partial charge in [0.15, 0.2) is 0 Å². The highest BCUT2D eigenvalue weighted by Crippen LogP contribution is 2.41. The first-order valence-corrected chi connectivity index (χ1v) is 15.9. The number of fused-ring (bicyclic) bond motifs is 10. The van der Waals surface area contributed by atoms with Crippen LogP contribution in [0, 0.1) is 0 Å². The molecule has 220 valence electrons. The Morgan fingerprint density at radius 1 is 0.340 bits per heavy atom. The summed E-state index contributed by atoms with van der Waals surface area (Å²) in [6.45, 7) is 0. The van der Waals surface area contributed by atoms with Crippen molar-refractivity contribution in [2.75, 3.05) is 4.90 Å². The van der Waals surface area contributed by atoms with E-state index in [1.54, 1.807) is 0 Å². The molecule has 0 atom stereocenters. The van der Waals surface area contributed by atoms with Crippen molar-refractivity contribution in [1.29, 1.82) is 0 Å². The van der Waals surface area contributed by atoms with Crippen LogP contribution in [0.2, 0.25) is 0 Å². The van der Waals surface area contributed by atoms with Crippen LogP contribution in [0.15, 0.2) is 173 Å². The van der Waals surface area contributed by atoms with Crippen molar-refractivity contribution in [2.45, 2.75) is 0 Å². The maximum Gasteiger partial charge on any atom is 0.143 e. The van der Waals surface area contributed by atoms with E-state index in [4.69, 9.17) is 8.83 Å². The first-order valence-electron chi connectivity index (χ1n) is 15.9. The molecule has 47 heavy (non-hydrogen) atoms. The fourth-order valence-corrected chi connectivity index (χ4v) is 7.18. The summed E-state index contributed by atoms with van der Waals surface area (Å²) >= 11 is 0. The number of rotatable bonds is 4. The third-order valence-corrected chi connectivity index (χ3v) is 9.44. The largest absolute Gasteiger partial charge is 0.456 e. The van der Waals surface area contributed by atoms with Crippen molar-refractivity contribution < 1.29 is 8.83 Å². The molecule has 0 aliphatic carbocycles. The monoisotopic (exact) mass is 601 g/mol. The minimum absolute atomic E-state index is 0.876. The second kappa shape index (κ2) is 10.1. The summed E-state index contributed by atoms with van der Waals surface area (Å²) in [5, 5.41) is 9.29. The molecule has 0 spiro atoms. The van der Waals surface area contributed by atoms with Crippen LogP contribution in [0.1, 0.15) is 0 Å². The summed E-state index contributed by atoms with van der Waals surface area (Å²) in [6.07, 6.45) is 0. The molecule has 0 radical (unpaired) electrons. The van der Waals surface area contributed by atoms with Gasteiger partial charge in [-0.15, -0.1) is 0 Å². The second-order valence-corrected chi connectivity index (χ2v) is 12.1. The molecule has 0 bridgehead atoms. The predicted octanol–water partition coefficient (Wildman–Crippen LogP) is 12.9. The third-order valence-electron chi connectivity index (χ3n) is 9.44. The Morgan fingerprint density at radius 3 is 1.89 bits per heavy atom. The van der Waals surface area contributed by atoms with Crippen LogP contribution in [0.25, 0.3) is 76.5 Å². The van der Waals surface area contributed by atoms with E-state index in [-0.39, 0.29) is 0 Å². The number of nitrogens with zero attached hydrogens (tertiary/aromatic N) is 1. The van der Waals surface area contributed by atoms with Crippen LogP contribution < -0.4 is 4.90 Å². The lowest BCUT2D eigenvalue weighted by Gasteiger charge is -2.25. The van der Waals surface area contributed by atoms with Gasteiger partial charge in [-0.25, -0.2) is 0 Å². The van der Waals surface area contributed by atoms with Crippen LogP contribution in [0.4, 0.5) is 17.1 Å². The van der Waals surface area contributed by atoms with E-state index < -0.39 is 0 Å². The van der Waals surface area contributed by atoms with Crippen molar-refractivity contribution in [3.8, 4) is 11.1 Å². The summed E-state index contributed by atoms with van der Waals surface area (Å²) in [4.78, 5) is 2.29. The summed E-state index contributed by atoms with van der Waals surface area (Å²) < 4.78 is 12.7. The Hall–Kier alpha value is -6.32. The summed E-state index contributed by atoms with van der Waals surface area (Å²) in [5.41, 5.74) is 9.17. The van der Waals surface area contributed by atoms with Crippen molar-refractivity contribution in [3.05, 3.63) is 164 Å². The molecule has 8 aromatic carbocycles. The zero-order valence-corrected chi connectivity index (χ0v) is 25.4. The predicted molar refractivity (Wildman–Crippen MR) is 196 cm³/mol. The third kappa shape index (κ3) is 4.07. The van der Waals surface area contributed by atoms with Gasteiger partial charge in [-0.3, -0.25) is 0 Å². The van der Waals surface area contributed by atoms with E-state index in [0.29, 0.717) is 0 Å². The Bertz CT molecular complexity index is 2790. The highest BCUT2D eigenvalue weighted by molar-refractivity contribution is 6.19. The summed E-state index contributed by atoms with van der Waals surface area (Å²) in [7, 11) is 0. The van der Waals surface area contributed by atoms with Gasteiger partial charge >= 0.3 is 0 Å². The number of benzene rings is 8. The van der Waals surface area contributed by atoms with Gasteiger partial charge in [-0.1, -0.05) is 97.1 Å². The minimum atomic E-state index is 0.876. The highest BCUT2D eigenvalue weighted by atomic mass is 16.3. The van der Waals surface area contributed by atoms with Gasteiger partial charge < -0.3 is 13.7 Å². The quantitative estimate of drug-likeness (QED) is 0.201. The molecular weight excluding hydrogens is 574 g/mol. The van der Waals surface area contributed by atoms with Crippen molar-refractivity contribution >= 4 is 82.5 Å². The molecule has 0 aliphatic rings. The molecular formula is C44H27NO2. The van der Waals surface area contributed by atoms with Gasteiger partial charge in [0.05, 0.1) is 0 Å². The first-order chi connectivity index (χ1) is 23.3. The molecule has 2 aromatic heterocycles. The topological polar surface area (TPSA) is 29.5 Å². The van der Waals surface area contributed by atoms with Gasteiger partial charge in [0, 0.05) is 50.1 Å². The lowest BCUT2D eigenvalue weighted by Crippen LogP contribution is -2.09. The number of furan rings is 2. The Balaban J connectivity index is 1.08. The molecule has 10 rings (SSSR count). The van der Waals surface area contributed by atoms with Gasteiger partial charge in [0.2, 0.25) is 0 Å². The molecule has 0 N–H and O–H groups in total. The fraction of sp³-hybridized carbons (Fsp3) is 0. The molecule has 0 unspecified atom stereocenters. The Kier molecular flexibility index (Phi) is 5.57. The standard InChI is InChI=1S/C44H27NO2/c1-2-9-32(10-3-1)45(34-22-24-36-37-23-18-29-8-4-5-11-35(29)44(37)47-42(36)27-34)33-20-16-28(17-21-33)31-15-14-30-19-25-41-43(39(30)26-31)38-12-6-7-13-40(38)46-41/h1-27H. The summed E-state index contributed by atoms with van der Waals surface area (Å²) in [5.74, 6) is 0. The maximum absolute atomic E-state index is 6.56. The molecule has 3 nitrogen and oxygen atoms in total. The smallest absolute Gasteiger partial charge is 0.143 e. The number of hydrogen-bond donors (Lipinski definition) is 0. The van der Waals surface area contributed by atoms with Crippen LogP contribution in [-0.4, -0.2) is 0 Å². The fourth-order valence-electron chi connectivity index (χ4n) is 7.18. The molecule has 0 saturated carbocycles. The zero-order chi connectivity index (χ0) is 30.9. The molecule has 3 heteroatoms. The average Bonchev–Trinajstić information content (AvgIpc) is 3.71. The maximum atomic E-state index is 6.56. The van der Waals surface area contributed by atoms with E-state index >= 15 is 0 Å². The SMILES string of the molecule is c1ccc(N(c2ccc(-c3ccc4ccc5oc6ccccc6c5c4c3)cc2)c2ccc3c(c2)oc2c4ccccc4ccc32)cc1. The first kappa shape index (κ1) is 26.0. The van der Waals surface area contributed by atoms with Crippen molar-refractivity contribution in [1.82, 2.24) is 0 Å². The Morgan fingerprint density at radius 2 is 1.00 bits per heavy atom. The number of hydrogen-bond acceptors (Lipinski definition) is 3. The lowest BCUT2D eigenvalue weighted by atomic mass is 9.98. The molecule has 0 saturated heterocycles. The van der Waals surface area contributed by atoms with Crippen LogP contribution in [-0.2, 0) is 0 Å². The molecule has 0 aliphatic heterocycles. The summed E-state index contributed by atoms with van der Waals surface area (Å²) in [6, 6.07) is 57.8. The molecule has 10 aromatic rings. The molecule has 0 amide bonds. The van der Waals surface area contributed by atoms with Gasteiger partial charge in [0.1, 0.15) is 22.3 Å². The van der Waals surface area contributed by atoms with Crippen LogP contribution in [0.3, 0.4) is 0 Å². The number of para-hydroxylation sites is 2. The number of anilines is 3. The van der Waals surface area contributed by atoms with Gasteiger partial charge in [0.25, 0.3) is 0 Å². The lowest BCUT2D eigenvalue weighted by molar-refractivity contribution is 0.669.